The minimum atomic E-state index is -6.02. The molecule has 0 spiro atoms. The molecule has 0 aliphatic rings. The van der Waals surface area contributed by atoms with E-state index in [2.05, 4.69) is 11.6 Å². The number of carbonyl (C=O) groups is 1. The molecule has 0 rings (SSSR count). The van der Waals surface area contributed by atoms with Crippen LogP contribution < -0.4 is 5.32 Å². The molecule has 0 aromatic heterocycles. The quantitative estimate of drug-likeness (QED) is 0.443. The van der Waals surface area contributed by atoms with Crippen molar-refractivity contribution in [2.45, 2.75) is 23.6 Å². The van der Waals surface area contributed by atoms with Crippen LogP contribution >= 0.6 is 11.6 Å². The number of rotatable bonds is 6. The van der Waals surface area contributed by atoms with Crippen molar-refractivity contribution in [1.82, 2.24) is 5.32 Å². The average molecular weight is 288 g/mol. The molecular weight excluding hydrogens is 280 g/mol. The van der Waals surface area contributed by atoms with Gasteiger partial charge in [-0.3, -0.25) is 4.79 Å². The monoisotopic (exact) mass is 287 g/mol. The number of halogens is 7. The first kappa shape index (κ1) is 16.3. The number of hydrogen-bond acceptors (Lipinski definition) is 2. The van der Waals surface area contributed by atoms with E-state index in [0.717, 1.165) is 0 Å². The van der Waals surface area contributed by atoms with Gasteiger partial charge in [-0.25, -0.2) is 0 Å². The van der Waals surface area contributed by atoms with Gasteiger partial charge < -0.3 is 10.4 Å². The average Bonchev–Trinajstić information content (AvgIpc) is 2.15. The van der Waals surface area contributed by atoms with E-state index in [1.165, 1.54) is 5.32 Å². The Hall–Kier alpha value is -0.700. The lowest BCUT2D eigenvalue weighted by Crippen LogP contribution is -2.59. The van der Waals surface area contributed by atoms with Crippen molar-refractivity contribution >= 4 is 17.5 Å². The number of alkyl halides is 7. The number of nitrogens with one attached hydrogen (secondary N) is 1. The molecule has 0 bridgehead atoms. The highest BCUT2D eigenvalue weighted by atomic mass is 35.5. The lowest BCUT2D eigenvalue weighted by Gasteiger charge is -2.28. The molecule has 10 heteroatoms. The van der Waals surface area contributed by atoms with Gasteiger partial charge in [-0.15, -0.1) is 0 Å². The van der Waals surface area contributed by atoms with E-state index in [1.54, 1.807) is 0 Å². The van der Waals surface area contributed by atoms with Crippen molar-refractivity contribution in [2.24, 2.45) is 0 Å². The third-order valence-corrected chi connectivity index (χ3v) is 1.89. The third-order valence-electron chi connectivity index (χ3n) is 1.66. The molecule has 0 aliphatic heterocycles. The summed E-state index contributed by atoms with van der Waals surface area (Å²) in [6.45, 7) is -1.05. The van der Waals surface area contributed by atoms with Crippen molar-refractivity contribution in [1.29, 1.82) is 0 Å². The second-order valence-electron chi connectivity index (χ2n) is 2.98. The number of amides is 1. The van der Waals surface area contributed by atoms with Crippen LogP contribution in [0.15, 0.2) is 0 Å². The zero-order valence-electron chi connectivity index (χ0n) is 8.12. The van der Waals surface area contributed by atoms with Crippen molar-refractivity contribution in [3.8, 4) is 0 Å². The van der Waals surface area contributed by atoms with Crippen LogP contribution in [0.1, 0.15) is 6.42 Å². The fourth-order valence-corrected chi connectivity index (χ4v) is 0.831. The predicted molar refractivity (Wildman–Crippen MR) is 45.4 cm³/mol. The van der Waals surface area contributed by atoms with Crippen LogP contribution in [0.4, 0.5) is 26.3 Å². The van der Waals surface area contributed by atoms with Gasteiger partial charge in [-0.05, 0) is 18.0 Å². The maximum absolute atomic E-state index is 12.7. The summed E-state index contributed by atoms with van der Waals surface area (Å²) >= 11 is 3.83. The van der Waals surface area contributed by atoms with Gasteiger partial charge in [-0.1, -0.05) is 0 Å². The maximum atomic E-state index is 12.7. The highest BCUT2D eigenvalue weighted by molar-refractivity contribution is 6.22. The van der Waals surface area contributed by atoms with E-state index in [9.17, 15) is 31.1 Å². The molecule has 17 heavy (non-hydrogen) atoms. The Balaban J connectivity index is 4.82. The molecule has 0 unspecified atom stereocenters. The molecule has 0 saturated heterocycles. The van der Waals surface area contributed by atoms with Crippen molar-refractivity contribution in [3.63, 3.8) is 0 Å². The zero-order valence-corrected chi connectivity index (χ0v) is 8.88. The fraction of sp³-hybridized carbons (Fsp3) is 0.857. The molecular formula is C7H8ClF6NO2. The normalized spacial score (nSPS) is 13.6. The van der Waals surface area contributed by atoms with Crippen LogP contribution in [0.2, 0.25) is 0 Å². The SMILES string of the molecule is O=C(NCCCO)C(F)(F)C(F)(F)C(F)(F)Cl. The highest BCUT2D eigenvalue weighted by Gasteiger charge is 2.74. The van der Waals surface area contributed by atoms with E-state index in [4.69, 9.17) is 5.11 Å². The Labute approximate surface area is 96.7 Å². The number of aliphatic hydroxyl groups is 1. The van der Waals surface area contributed by atoms with E-state index < -0.39 is 36.3 Å². The van der Waals surface area contributed by atoms with Crippen molar-refractivity contribution in [3.05, 3.63) is 0 Å². The van der Waals surface area contributed by atoms with Crippen LogP contribution in [0.5, 0.6) is 0 Å². The molecule has 3 nitrogen and oxygen atoms in total. The maximum Gasteiger partial charge on any atom is 0.395 e. The molecule has 0 saturated carbocycles. The van der Waals surface area contributed by atoms with Gasteiger partial charge in [0.2, 0.25) is 0 Å². The summed E-state index contributed by atoms with van der Waals surface area (Å²) < 4.78 is 74.6. The van der Waals surface area contributed by atoms with Gasteiger partial charge in [0, 0.05) is 13.2 Å². The summed E-state index contributed by atoms with van der Waals surface area (Å²) in [7, 11) is 0. The van der Waals surface area contributed by atoms with Gasteiger partial charge in [-0.2, -0.15) is 26.3 Å². The van der Waals surface area contributed by atoms with Gasteiger partial charge in [0.25, 0.3) is 5.91 Å². The molecule has 0 aliphatic carbocycles. The number of carbonyl (C=O) groups excluding carboxylic acids is 1. The lowest BCUT2D eigenvalue weighted by molar-refractivity contribution is -0.269. The fourth-order valence-electron chi connectivity index (χ4n) is 0.713. The van der Waals surface area contributed by atoms with Crippen LogP contribution in [0.25, 0.3) is 0 Å². The predicted octanol–water partition coefficient (Wildman–Crippen LogP) is 1.59. The molecule has 0 heterocycles. The van der Waals surface area contributed by atoms with E-state index in [0.29, 0.717) is 0 Å². The molecule has 2 N–H and O–H groups in total. The van der Waals surface area contributed by atoms with Crippen molar-refractivity contribution < 1.29 is 36.2 Å². The van der Waals surface area contributed by atoms with Gasteiger partial charge in [0.1, 0.15) is 0 Å². The highest BCUT2D eigenvalue weighted by Crippen LogP contribution is 2.47. The Bertz CT molecular complexity index is 280. The van der Waals surface area contributed by atoms with E-state index >= 15 is 0 Å². The minimum Gasteiger partial charge on any atom is -0.396 e. The lowest BCUT2D eigenvalue weighted by atomic mass is 10.1. The summed E-state index contributed by atoms with van der Waals surface area (Å²) in [5, 5.41) is 3.96. The molecule has 1 amide bonds. The van der Waals surface area contributed by atoms with Gasteiger partial charge in [0.05, 0.1) is 0 Å². The largest absolute Gasteiger partial charge is 0.396 e. The van der Waals surface area contributed by atoms with Crippen LogP contribution in [-0.4, -0.2) is 41.4 Å². The molecule has 0 aromatic carbocycles. The first-order valence-electron chi connectivity index (χ1n) is 4.20. The van der Waals surface area contributed by atoms with Crippen LogP contribution in [0, 0.1) is 0 Å². The smallest absolute Gasteiger partial charge is 0.395 e. The minimum absolute atomic E-state index is 0.190. The molecule has 0 atom stereocenters. The molecule has 0 aromatic rings. The summed E-state index contributed by atoms with van der Waals surface area (Å²) in [4.78, 5) is 10.6. The van der Waals surface area contributed by atoms with Crippen molar-refractivity contribution in [2.75, 3.05) is 13.2 Å². The zero-order chi connectivity index (χ0) is 13.9. The molecule has 0 radical (unpaired) electrons. The first-order chi connectivity index (χ1) is 7.48. The Kier molecular flexibility index (Phi) is 5.08. The Morgan fingerprint density at radius 3 is 2.00 bits per heavy atom. The van der Waals surface area contributed by atoms with Crippen LogP contribution in [-0.2, 0) is 4.79 Å². The third kappa shape index (κ3) is 3.38. The van der Waals surface area contributed by atoms with Crippen LogP contribution in [0.3, 0.4) is 0 Å². The molecule has 102 valence electrons. The molecule has 0 fully saturated rings. The Morgan fingerprint density at radius 2 is 1.65 bits per heavy atom. The summed E-state index contributed by atoms with van der Waals surface area (Å²) in [6, 6.07) is 0. The van der Waals surface area contributed by atoms with Gasteiger partial charge in [0.15, 0.2) is 0 Å². The van der Waals surface area contributed by atoms with E-state index in [1.807, 2.05) is 0 Å². The number of hydrogen-bond donors (Lipinski definition) is 2. The number of aliphatic hydroxyl groups excluding tert-OH is 1. The second kappa shape index (κ2) is 5.30. The summed E-state index contributed by atoms with van der Waals surface area (Å²) in [6.07, 6.45) is -0.190. The van der Waals surface area contributed by atoms with Gasteiger partial charge >= 0.3 is 17.2 Å². The summed E-state index contributed by atoms with van der Waals surface area (Å²) in [5.41, 5.74) is 0. The standard InChI is InChI=1S/C7H8ClF6NO2/c8-7(13,14)6(11,12)5(9,10)4(17)15-2-1-3-16/h16H,1-3H2,(H,15,17). The first-order valence-corrected chi connectivity index (χ1v) is 4.57. The Morgan fingerprint density at radius 1 is 1.18 bits per heavy atom. The van der Waals surface area contributed by atoms with E-state index in [-0.39, 0.29) is 6.42 Å². The summed E-state index contributed by atoms with van der Waals surface area (Å²) in [5.74, 6) is -14.3. The topological polar surface area (TPSA) is 49.3 Å². The second-order valence-corrected chi connectivity index (χ2v) is 3.45.